The van der Waals surface area contributed by atoms with E-state index in [0.717, 1.165) is 6.07 Å². The molecule has 0 aliphatic rings. The zero-order valence-electron chi connectivity index (χ0n) is 12.0. The predicted molar refractivity (Wildman–Crippen MR) is 74.7 cm³/mol. The Morgan fingerprint density at radius 2 is 2.05 bits per heavy atom. The van der Waals surface area contributed by atoms with E-state index in [2.05, 4.69) is 0 Å². The normalized spacial score (nSPS) is 13.2. The van der Waals surface area contributed by atoms with Crippen LogP contribution in [0.4, 0.5) is 0 Å². The maximum Gasteiger partial charge on any atom is 0.339 e. The van der Waals surface area contributed by atoms with Gasteiger partial charge < -0.3 is 9.84 Å². The van der Waals surface area contributed by atoms with E-state index in [0.29, 0.717) is 6.42 Å². The molecule has 7 heteroatoms. The Morgan fingerprint density at radius 3 is 2.50 bits per heavy atom. The molecule has 0 aliphatic heterocycles. The van der Waals surface area contributed by atoms with Crippen LogP contribution in [-0.2, 0) is 10.0 Å². The number of nitrogens with zero attached hydrogens (tertiary/aromatic N) is 1. The van der Waals surface area contributed by atoms with Crippen molar-refractivity contribution in [2.24, 2.45) is 0 Å². The quantitative estimate of drug-likeness (QED) is 0.866. The van der Waals surface area contributed by atoms with Crippen LogP contribution >= 0.6 is 0 Å². The summed E-state index contributed by atoms with van der Waals surface area (Å²) in [5, 5.41) is 9.09. The van der Waals surface area contributed by atoms with E-state index in [-0.39, 0.29) is 22.3 Å². The molecule has 0 saturated heterocycles. The molecule has 0 fully saturated rings. The average molecular weight is 301 g/mol. The summed E-state index contributed by atoms with van der Waals surface area (Å²) in [6.45, 7) is 3.67. The van der Waals surface area contributed by atoms with Crippen molar-refractivity contribution in [3.8, 4) is 5.75 Å². The highest BCUT2D eigenvalue weighted by Gasteiger charge is 2.26. The third-order valence-corrected chi connectivity index (χ3v) is 5.26. The molecule has 0 saturated carbocycles. The smallest absolute Gasteiger partial charge is 0.339 e. The van der Waals surface area contributed by atoms with Gasteiger partial charge in [-0.25, -0.2) is 13.2 Å². The first-order valence-corrected chi connectivity index (χ1v) is 7.59. The Hall–Kier alpha value is -1.60. The largest absolute Gasteiger partial charge is 0.496 e. The molecule has 0 aromatic heterocycles. The summed E-state index contributed by atoms with van der Waals surface area (Å²) in [4.78, 5) is 11.1. The molecular formula is C13H19NO5S. The lowest BCUT2D eigenvalue weighted by molar-refractivity contribution is 0.0693. The number of ether oxygens (including phenoxy) is 1. The van der Waals surface area contributed by atoms with Gasteiger partial charge in [-0.3, -0.25) is 0 Å². The molecule has 112 valence electrons. The van der Waals surface area contributed by atoms with Crippen molar-refractivity contribution in [2.45, 2.75) is 31.2 Å². The van der Waals surface area contributed by atoms with Crippen molar-refractivity contribution in [3.05, 3.63) is 23.8 Å². The molecule has 1 N–H and O–H groups in total. The summed E-state index contributed by atoms with van der Waals surface area (Å²) in [6.07, 6.45) is 0.664. The topological polar surface area (TPSA) is 83.9 Å². The van der Waals surface area contributed by atoms with Gasteiger partial charge >= 0.3 is 5.97 Å². The van der Waals surface area contributed by atoms with Crippen LogP contribution in [0, 0.1) is 0 Å². The number of sulfonamides is 1. The summed E-state index contributed by atoms with van der Waals surface area (Å²) in [5.74, 6) is -1.10. The molecule has 20 heavy (non-hydrogen) atoms. The minimum Gasteiger partial charge on any atom is -0.496 e. The van der Waals surface area contributed by atoms with Gasteiger partial charge in [-0.2, -0.15) is 4.31 Å². The lowest BCUT2D eigenvalue weighted by Gasteiger charge is -2.23. The van der Waals surface area contributed by atoms with Crippen molar-refractivity contribution in [1.82, 2.24) is 4.31 Å². The van der Waals surface area contributed by atoms with E-state index in [4.69, 9.17) is 9.84 Å². The molecule has 1 aromatic carbocycles. The second-order valence-corrected chi connectivity index (χ2v) is 6.44. The van der Waals surface area contributed by atoms with Crippen molar-refractivity contribution < 1.29 is 23.1 Å². The first-order chi connectivity index (χ1) is 9.25. The molecule has 1 atom stereocenters. The molecule has 0 bridgehead atoms. The number of aromatic carboxylic acids is 1. The standard InChI is InChI=1S/C13H19NO5S/c1-5-9(2)14(3)20(17,18)10-6-7-12(19-4)11(8-10)13(15)16/h6-9H,5H2,1-4H3,(H,15,16). The van der Waals surface area contributed by atoms with Gasteiger partial charge in [0.1, 0.15) is 11.3 Å². The fourth-order valence-electron chi connectivity index (χ4n) is 1.67. The average Bonchev–Trinajstić information content (AvgIpc) is 2.44. The zero-order chi connectivity index (χ0) is 15.5. The van der Waals surface area contributed by atoms with Crippen LogP contribution in [0.1, 0.15) is 30.6 Å². The molecule has 1 aromatic rings. The van der Waals surface area contributed by atoms with E-state index in [1.807, 2.05) is 6.92 Å². The second kappa shape index (κ2) is 6.23. The van der Waals surface area contributed by atoms with Gasteiger partial charge in [-0.15, -0.1) is 0 Å². The van der Waals surface area contributed by atoms with Gasteiger partial charge in [0, 0.05) is 13.1 Å². The number of hydrogen-bond acceptors (Lipinski definition) is 4. The summed E-state index contributed by atoms with van der Waals surface area (Å²) in [5.41, 5.74) is -0.175. The Balaban J connectivity index is 3.33. The molecule has 0 aliphatic carbocycles. The van der Waals surface area contributed by atoms with E-state index in [9.17, 15) is 13.2 Å². The van der Waals surface area contributed by atoms with Crippen LogP contribution in [0.2, 0.25) is 0 Å². The van der Waals surface area contributed by atoms with Gasteiger partial charge in [0.25, 0.3) is 0 Å². The van der Waals surface area contributed by atoms with Crippen LogP contribution in [0.25, 0.3) is 0 Å². The molecular weight excluding hydrogens is 282 g/mol. The lowest BCUT2D eigenvalue weighted by atomic mass is 10.2. The number of carboxylic acid groups (broad SMARTS) is 1. The van der Waals surface area contributed by atoms with Crippen LogP contribution in [0.5, 0.6) is 5.75 Å². The molecule has 0 spiro atoms. The SMILES string of the molecule is CCC(C)N(C)S(=O)(=O)c1ccc(OC)c(C(=O)O)c1. The Kier molecular flexibility index (Phi) is 5.13. The minimum atomic E-state index is -3.72. The number of hydrogen-bond donors (Lipinski definition) is 1. The predicted octanol–water partition coefficient (Wildman–Crippen LogP) is 1.81. The number of carboxylic acids is 1. The third kappa shape index (κ3) is 3.10. The monoisotopic (exact) mass is 301 g/mol. The first-order valence-electron chi connectivity index (χ1n) is 6.15. The highest BCUT2D eigenvalue weighted by atomic mass is 32.2. The highest BCUT2D eigenvalue weighted by molar-refractivity contribution is 7.89. The van der Waals surface area contributed by atoms with Crippen molar-refractivity contribution in [3.63, 3.8) is 0 Å². The van der Waals surface area contributed by atoms with Crippen molar-refractivity contribution in [1.29, 1.82) is 0 Å². The Bertz CT molecular complexity index is 597. The zero-order valence-corrected chi connectivity index (χ0v) is 12.8. The molecule has 1 unspecified atom stereocenters. The summed E-state index contributed by atoms with van der Waals surface area (Å²) in [6, 6.07) is 3.64. The first kappa shape index (κ1) is 16.5. The summed E-state index contributed by atoms with van der Waals surface area (Å²) < 4.78 is 30.9. The van der Waals surface area contributed by atoms with Crippen LogP contribution in [0.3, 0.4) is 0 Å². The highest BCUT2D eigenvalue weighted by Crippen LogP contribution is 2.25. The molecule has 1 rings (SSSR count). The fraction of sp³-hybridized carbons (Fsp3) is 0.462. The van der Waals surface area contributed by atoms with E-state index >= 15 is 0 Å². The van der Waals surface area contributed by atoms with Crippen molar-refractivity contribution in [2.75, 3.05) is 14.2 Å². The Labute approximate surface area is 119 Å². The van der Waals surface area contributed by atoms with Crippen LogP contribution in [-0.4, -0.2) is 44.0 Å². The number of methoxy groups -OCH3 is 1. The number of rotatable bonds is 6. The Morgan fingerprint density at radius 1 is 1.45 bits per heavy atom. The minimum absolute atomic E-state index is 0.0569. The van der Waals surface area contributed by atoms with Gasteiger partial charge in [-0.1, -0.05) is 6.92 Å². The molecule has 6 nitrogen and oxygen atoms in total. The maximum atomic E-state index is 12.4. The third-order valence-electron chi connectivity index (χ3n) is 3.29. The maximum absolute atomic E-state index is 12.4. The number of carbonyl (C=O) groups is 1. The summed E-state index contributed by atoms with van der Waals surface area (Å²) in [7, 11) is -0.902. The molecule has 0 radical (unpaired) electrons. The summed E-state index contributed by atoms with van der Waals surface area (Å²) >= 11 is 0. The molecule has 0 amide bonds. The van der Waals surface area contributed by atoms with Gasteiger partial charge in [0.2, 0.25) is 10.0 Å². The van der Waals surface area contributed by atoms with Gasteiger partial charge in [0.15, 0.2) is 0 Å². The molecule has 0 heterocycles. The van der Waals surface area contributed by atoms with Crippen LogP contribution < -0.4 is 4.74 Å². The lowest BCUT2D eigenvalue weighted by Crippen LogP contribution is -2.34. The fourth-order valence-corrected chi connectivity index (χ4v) is 3.14. The van der Waals surface area contributed by atoms with Gasteiger partial charge in [-0.05, 0) is 31.5 Å². The van der Waals surface area contributed by atoms with Crippen LogP contribution in [0.15, 0.2) is 23.1 Å². The number of benzene rings is 1. The van der Waals surface area contributed by atoms with Crippen molar-refractivity contribution >= 4 is 16.0 Å². The van der Waals surface area contributed by atoms with Gasteiger partial charge in [0.05, 0.1) is 12.0 Å². The second-order valence-electron chi connectivity index (χ2n) is 4.45. The van der Waals surface area contributed by atoms with E-state index < -0.39 is 16.0 Å². The van der Waals surface area contributed by atoms with E-state index in [1.54, 1.807) is 6.92 Å². The van der Waals surface area contributed by atoms with E-state index in [1.165, 1.54) is 30.6 Å².